The summed E-state index contributed by atoms with van der Waals surface area (Å²) < 4.78 is 3.92. The molecule has 0 radical (unpaired) electrons. The van der Waals surface area contributed by atoms with Crippen LogP contribution in [0.15, 0.2) is 73.4 Å². The summed E-state index contributed by atoms with van der Waals surface area (Å²) in [4.78, 5) is 7.25. The minimum Gasteiger partial charge on any atom is -0.345 e. The molecule has 4 nitrogen and oxygen atoms in total. The van der Waals surface area contributed by atoms with Crippen LogP contribution in [-0.4, -0.2) is 14.5 Å². The first-order valence-corrected chi connectivity index (χ1v) is 7.91. The molecule has 0 spiro atoms. The number of benzene rings is 2. The molecular weight excluding hydrogens is 296 g/mol. The van der Waals surface area contributed by atoms with Gasteiger partial charge in [-0.3, -0.25) is 0 Å². The molecule has 2 aromatic heterocycles. The van der Waals surface area contributed by atoms with E-state index in [1.54, 1.807) is 6.33 Å². The van der Waals surface area contributed by atoms with Crippen LogP contribution >= 0.6 is 0 Å². The minimum atomic E-state index is 0.892. The van der Waals surface area contributed by atoms with Gasteiger partial charge < -0.3 is 14.1 Å². The zero-order chi connectivity index (χ0) is 16.4. The first-order valence-electron chi connectivity index (χ1n) is 7.91. The van der Waals surface area contributed by atoms with Gasteiger partial charge in [0.1, 0.15) is 0 Å². The highest BCUT2D eigenvalue weighted by molar-refractivity contribution is 5.59. The van der Waals surface area contributed by atoms with Crippen LogP contribution in [0.1, 0.15) is 11.1 Å². The molecule has 4 rings (SSSR count). The highest BCUT2D eigenvalue weighted by Gasteiger charge is 2.03. The van der Waals surface area contributed by atoms with Crippen LogP contribution in [0, 0.1) is 6.33 Å². The normalized spacial score (nSPS) is 10.9. The fourth-order valence-corrected chi connectivity index (χ4v) is 2.86. The van der Waals surface area contributed by atoms with Crippen molar-refractivity contribution in [3.05, 3.63) is 90.9 Å². The molecule has 0 aliphatic carbocycles. The third-order valence-electron chi connectivity index (χ3n) is 4.04. The second-order valence-corrected chi connectivity index (χ2v) is 5.89. The number of H-pyrrole nitrogens is 1. The summed E-state index contributed by atoms with van der Waals surface area (Å²) in [5.74, 6) is 0. The maximum absolute atomic E-state index is 4.10. The van der Waals surface area contributed by atoms with E-state index in [-0.39, 0.29) is 0 Å². The maximum Gasteiger partial charge on any atom is 0.243 e. The first-order chi connectivity index (χ1) is 11.8. The maximum atomic E-state index is 4.10. The zero-order valence-corrected chi connectivity index (χ0v) is 13.5. The Labute approximate surface area is 141 Å². The van der Waals surface area contributed by atoms with Crippen molar-refractivity contribution in [2.75, 3.05) is 0 Å². The average molecular weight is 314 g/mol. The third kappa shape index (κ3) is 2.99. The second kappa shape index (κ2) is 6.16. The van der Waals surface area contributed by atoms with E-state index in [2.05, 4.69) is 64.8 Å². The molecule has 0 aliphatic heterocycles. The van der Waals surface area contributed by atoms with Gasteiger partial charge >= 0.3 is 0 Å². The van der Waals surface area contributed by atoms with Gasteiger partial charge in [-0.05, 0) is 29.2 Å². The van der Waals surface area contributed by atoms with Crippen LogP contribution in [0.3, 0.4) is 0 Å². The lowest BCUT2D eigenvalue weighted by Crippen LogP contribution is -2.24. The Balaban J connectivity index is 1.61. The van der Waals surface area contributed by atoms with E-state index in [9.17, 15) is 0 Å². The van der Waals surface area contributed by atoms with E-state index in [4.69, 9.17) is 0 Å². The first kappa shape index (κ1) is 14.5. The van der Waals surface area contributed by atoms with Gasteiger partial charge in [0.25, 0.3) is 0 Å². The molecule has 0 fully saturated rings. The van der Waals surface area contributed by atoms with Gasteiger partial charge in [-0.25, -0.2) is 4.98 Å². The van der Waals surface area contributed by atoms with Gasteiger partial charge in [0.15, 0.2) is 0 Å². The van der Waals surface area contributed by atoms with Crippen molar-refractivity contribution in [3.63, 3.8) is 0 Å². The summed E-state index contributed by atoms with van der Waals surface area (Å²) in [5.41, 5.74) is 5.88. The van der Waals surface area contributed by atoms with Gasteiger partial charge in [-0.1, -0.05) is 42.5 Å². The molecule has 4 heteroatoms. The summed E-state index contributed by atoms with van der Waals surface area (Å²) >= 11 is 0. The lowest BCUT2D eigenvalue weighted by atomic mass is 10.0. The standard InChI is InChI=1S/C20H18N4/c1-23-8-9-24(15-23)19-7-3-5-17(12-19)10-16-4-2-6-18(11-16)20-13-21-14-22-20/h2-9,11-14H,10H2,1H3,(H,21,22). The Bertz CT molecular complexity index is 951. The van der Waals surface area contributed by atoms with E-state index in [0.717, 1.165) is 23.4 Å². The smallest absolute Gasteiger partial charge is 0.243 e. The molecule has 24 heavy (non-hydrogen) atoms. The summed E-state index contributed by atoms with van der Waals surface area (Å²) in [6.45, 7) is 0. The number of aromatic nitrogens is 4. The highest BCUT2D eigenvalue weighted by Crippen LogP contribution is 2.20. The van der Waals surface area contributed by atoms with Gasteiger partial charge in [0.2, 0.25) is 6.33 Å². The molecule has 0 saturated heterocycles. The van der Waals surface area contributed by atoms with E-state index >= 15 is 0 Å². The Morgan fingerprint density at radius 1 is 1.12 bits per heavy atom. The van der Waals surface area contributed by atoms with Crippen LogP contribution < -0.4 is 4.57 Å². The second-order valence-electron chi connectivity index (χ2n) is 5.89. The summed E-state index contributed by atoms with van der Waals surface area (Å²) in [6, 6.07) is 17.1. The van der Waals surface area contributed by atoms with Crippen LogP contribution in [0.2, 0.25) is 0 Å². The van der Waals surface area contributed by atoms with Crippen LogP contribution in [0.25, 0.3) is 16.9 Å². The van der Waals surface area contributed by atoms with Gasteiger partial charge in [0, 0.05) is 12.4 Å². The summed E-state index contributed by atoms with van der Waals surface area (Å²) in [6.07, 6.45) is 11.7. The Hall–Kier alpha value is -3.14. The van der Waals surface area contributed by atoms with Crippen LogP contribution in [0.4, 0.5) is 0 Å². The number of aryl methyl sites for hydroxylation is 1. The fourth-order valence-electron chi connectivity index (χ4n) is 2.86. The lowest BCUT2D eigenvalue weighted by molar-refractivity contribution is -0.674. The van der Waals surface area contributed by atoms with E-state index in [0.29, 0.717) is 0 Å². The van der Waals surface area contributed by atoms with Gasteiger partial charge in [-0.15, -0.1) is 0 Å². The van der Waals surface area contributed by atoms with Crippen molar-refractivity contribution in [2.45, 2.75) is 6.42 Å². The molecular formula is C20H18N4. The quantitative estimate of drug-likeness (QED) is 0.456. The number of aromatic amines is 1. The molecule has 2 heterocycles. The highest BCUT2D eigenvalue weighted by atomic mass is 15.1. The summed E-state index contributed by atoms with van der Waals surface area (Å²) in [5, 5.41) is 0. The number of hydrogen-bond donors (Lipinski definition) is 1. The predicted molar refractivity (Wildman–Crippen MR) is 92.6 cm³/mol. The SMILES string of the molecule is C[n+]1[c-]n(-c2cccc(Cc3cccc(-c4cnc[nH]4)c3)c2)cc1. The van der Waals surface area contributed by atoms with Crippen LogP contribution in [-0.2, 0) is 13.5 Å². The third-order valence-corrected chi connectivity index (χ3v) is 4.04. The largest absolute Gasteiger partial charge is 0.345 e. The number of nitrogens with one attached hydrogen (secondary N) is 1. The number of nitrogens with zero attached hydrogens (tertiary/aromatic N) is 3. The van der Waals surface area contributed by atoms with Crippen molar-refractivity contribution in [1.82, 2.24) is 14.5 Å². The fraction of sp³-hybridized carbons (Fsp3) is 0.100. The van der Waals surface area contributed by atoms with Crippen molar-refractivity contribution in [2.24, 2.45) is 7.05 Å². The van der Waals surface area contributed by atoms with Crippen molar-refractivity contribution in [3.8, 4) is 16.9 Å². The molecule has 0 amide bonds. The molecule has 0 unspecified atom stereocenters. The van der Waals surface area contributed by atoms with Crippen molar-refractivity contribution in [1.29, 1.82) is 0 Å². The average Bonchev–Trinajstić information content (AvgIpc) is 3.27. The molecule has 0 aliphatic rings. The predicted octanol–water partition coefficient (Wildman–Crippen LogP) is 3.08. The van der Waals surface area contributed by atoms with E-state index in [1.165, 1.54) is 11.1 Å². The molecule has 2 aromatic carbocycles. The number of rotatable bonds is 4. The molecule has 118 valence electrons. The molecule has 0 bridgehead atoms. The Kier molecular flexibility index (Phi) is 3.71. The Morgan fingerprint density at radius 3 is 2.71 bits per heavy atom. The molecule has 4 aromatic rings. The van der Waals surface area contributed by atoms with E-state index < -0.39 is 0 Å². The lowest BCUT2D eigenvalue weighted by Gasteiger charge is -2.08. The van der Waals surface area contributed by atoms with Crippen molar-refractivity contribution < 1.29 is 4.57 Å². The molecule has 0 saturated carbocycles. The molecule has 1 N–H and O–H groups in total. The van der Waals surface area contributed by atoms with E-state index in [1.807, 2.05) is 34.8 Å². The van der Waals surface area contributed by atoms with Crippen molar-refractivity contribution >= 4 is 0 Å². The number of imidazole rings is 2. The summed E-state index contributed by atoms with van der Waals surface area (Å²) in [7, 11) is 1.97. The van der Waals surface area contributed by atoms with Crippen LogP contribution in [0.5, 0.6) is 0 Å². The Morgan fingerprint density at radius 2 is 1.96 bits per heavy atom. The van der Waals surface area contributed by atoms with Gasteiger partial charge in [0.05, 0.1) is 31.0 Å². The minimum absolute atomic E-state index is 0.892. The zero-order valence-electron chi connectivity index (χ0n) is 13.5. The topological polar surface area (TPSA) is 37.5 Å². The van der Waals surface area contributed by atoms with Gasteiger partial charge in [-0.2, -0.15) is 0 Å². The monoisotopic (exact) mass is 314 g/mol. The molecule has 0 atom stereocenters. The number of hydrogen-bond acceptors (Lipinski definition) is 1.